The molecule has 0 fully saturated rings. The lowest BCUT2D eigenvalue weighted by atomic mass is 9.85. The summed E-state index contributed by atoms with van der Waals surface area (Å²) >= 11 is 0. The van der Waals surface area contributed by atoms with Gasteiger partial charge in [-0.15, -0.1) is 0 Å². The Morgan fingerprint density at radius 2 is 1.42 bits per heavy atom. The fourth-order valence-corrected chi connectivity index (χ4v) is 2.08. The fraction of sp³-hybridized carbons (Fsp3) is 0.188. The molecule has 0 saturated heterocycles. The predicted molar refractivity (Wildman–Crippen MR) is 74.6 cm³/mol. The maximum atomic E-state index is 12.3. The van der Waals surface area contributed by atoms with Crippen molar-refractivity contribution in [1.82, 2.24) is 5.32 Å². The summed E-state index contributed by atoms with van der Waals surface area (Å²) in [6, 6.07) is 17.9. The quantitative estimate of drug-likeness (QED) is 0.878. The molecule has 2 aromatic carbocycles. The first-order valence-corrected chi connectivity index (χ1v) is 6.31. The molecule has 2 N–H and O–H groups in total. The molecule has 0 bridgehead atoms. The monoisotopic (exact) mass is 255 g/mol. The van der Waals surface area contributed by atoms with Gasteiger partial charge in [0, 0.05) is 6.54 Å². The molecule has 0 aromatic heterocycles. The second-order valence-electron chi connectivity index (χ2n) is 4.30. The zero-order chi connectivity index (χ0) is 13.7. The van der Waals surface area contributed by atoms with E-state index in [0.717, 1.165) is 0 Å². The Bertz CT molecular complexity index is 498. The van der Waals surface area contributed by atoms with Crippen LogP contribution in [-0.4, -0.2) is 17.6 Å². The molecule has 2 aromatic rings. The highest BCUT2D eigenvalue weighted by molar-refractivity contribution is 5.90. The molecular formula is C16H17NO2. The number of benzene rings is 2. The Morgan fingerprint density at radius 1 is 1.00 bits per heavy atom. The molecule has 0 aliphatic carbocycles. The minimum Gasteiger partial charge on any atom is -0.372 e. The van der Waals surface area contributed by atoms with E-state index in [1.807, 2.05) is 43.3 Å². The minimum absolute atomic E-state index is 0.410. The normalized spacial score (nSPS) is 11.1. The molecule has 0 heterocycles. The molecule has 1 amide bonds. The number of amides is 1. The van der Waals surface area contributed by atoms with Gasteiger partial charge in [-0.05, 0) is 18.1 Å². The van der Waals surface area contributed by atoms with Gasteiger partial charge in [-0.2, -0.15) is 0 Å². The molecule has 0 aliphatic heterocycles. The number of nitrogens with one attached hydrogen (secondary N) is 1. The number of aliphatic hydroxyl groups is 1. The first-order chi connectivity index (χ1) is 9.19. The van der Waals surface area contributed by atoms with Crippen molar-refractivity contribution in [2.24, 2.45) is 0 Å². The third-order valence-electron chi connectivity index (χ3n) is 3.05. The Labute approximate surface area is 112 Å². The van der Waals surface area contributed by atoms with Gasteiger partial charge in [0.05, 0.1) is 0 Å². The number of hydrogen-bond acceptors (Lipinski definition) is 2. The van der Waals surface area contributed by atoms with Gasteiger partial charge in [-0.3, -0.25) is 4.79 Å². The Hall–Kier alpha value is -2.13. The van der Waals surface area contributed by atoms with Gasteiger partial charge >= 0.3 is 0 Å². The van der Waals surface area contributed by atoms with Gasteiger partial charge in [0.25, 0.3) is 5.91 Å². The van der Waals surface area contributed by atoms with Gasteiger partial charge in [0.2, 0.25) is 0 Å². The van der Waals surface area contributed by atoms with E-state index in [-0.39, 0.29) is 0 Å². The zero-order valence-electron chi connectivity index (χ0n) is 10.8. The Kier molecular flexibility index (Phi) is 3.97. The summed E-state index contributed by atoms with van der Waals surface area (Å²) in [5, 5.41) is 13.6. The lowest BCUT2D eigenvalue weighted by Gasteiger charge is -2.27. The van der Waals surface area contributed by atoms with Gasteiger partial charge in [-0.25, -0.2) is 0 Å². The van der Waals surface area contributed by atoms with E-state index >= 15 is 0 Å². The third kappa shape index (κ3) is 2.51. The van der Waals surface area contributed by atoms with E-state index < -0.39 is 11.5 Å². The van der Waals surface area contributed by atoms with Crippen molar-refractivity contribution in [3.63, 3.8) is 0 Å². The highest BCUT2D eigenvalue weighted by Crippen LogP contribution is 2.29. The van der Waals surface area contributed by atoms with Gasteiger partial charge in [0.1, 0.15) is 0 Å². The van der Waals surface area contributed by atoms with Gasteiger partial charge in [0.15, 0.2) is 5.60 Å². The molecule has 19 heavy (non-hydrogen) atoms. The molecule has 0 radical (unpaired) electrons. The van der Waals surface area contributed by atoms with Crippen LogP contribution < -0.4 is 5.32 Å². The largest absolute Gasteiger partial charge is 0.372 e. The first kappa shape index (κ1) is 13.3. The summed E-state index contributed by atoms with van der Waals surface area (Å²) in [5.41, 5.74) is -0.530. The van der Waals surface area contributed by atoms with E-state index in [1.165, 1.54) is 0 Å². The molecule has 0 spiro atoms. The van der Waals surface area contributed by atoms with Crippen molar-refractivity contribution in [3.8, 4) is 0 Å². The highest BCUT2D eigenvalue weighted by atomic mass is 16.3. The standard InChI is InChI=1S/C16H17NO2/c1-2-17-15(18)16(19,13-9-5-3-6-10-13)14-11-7-4-8-12-14/h3-12,19H,2H2,1H3,(H,17,18). The van der Waals surface area contributed by atoms with Crippen molar-refractivity contribution in [3.05, 3.63) is 71.8 Å². The Balaban J connectivity index is 2.54. The summed E-state index contributed by atoms with van der Waals surface area (Å²) in [7, 11) is 0. The molecule has 2 rings (SSSR count). The number of likely N-dealkylation sites (N-methyl/N-ethyl adjacent to an activating group) is 1. The molecule has 0 unspecified atom stereocenters. The van der Waals surface area contributed by atoms with E-state index in [1.54, 1.807) is 24.3 Å². The van der Waals surface area contributed by atoms with Gasteiger partial charge < -0.3 is 10.4 Å². The summed E-state index contributed by atoms with van der Waals surface area (Å²) in [5.74, 6) is -0.410. The molecule has 0 saturated carbocycles. The summed E-state index contributed by atoms with van der Waals surface area (Å²) in [6.45, 7) is 2.30. The van der Waals surface area contributed by atoms with Crippen LogP contribution in [0, 0.1) is 0 Å². The van der Waals surface area contributed by atoms with Crippen LogP contribution in [0.5, 0.6) is 0 Å². The van der Waals surface area contributed by atoms with Crippen LogP contribution in [0.15, 0.2) is 60.7 Å². The minimum atomic E-state index is -1.65. The molecule has 3 heteroatoms. The van der Waals surface area contributed by atoms with Gasteiger partial charge in [-0.1, -0.05) is 60.7 Å². The summed E-state index contributed by atoms with van der Waals surface area (Å²) < 4.78 is 0. The number of carbonyl (C=O) groups is 1. The van der Waals surface area contributed by atoms with E-state index in [9.17, 15) is 9.90 Å². The van der Waals surface area contributed by atoms with Crippen LogP contribution in [0.1, 0.15) is 18.1 Å². The maximum absolute atomic E-state index is 12.3. The second kappa shape index (κ2) is 5.67. The number of hydrogen-bond donors (Lipinski definition) is 2. The molecule has 3 nitrogen and oxygen atoms in total. The van der Waals surface area contributed by atoms with Crippen LogP contribution in [0.2, 0.25) is 0 Å². The topological polar surface area (TPSA) is 49.3 Å². The van der Waals surface area contributed by atoms with E-state index in [0.29, 0.717) is 17.7 Å². The molecule has 0 atom stereocenters. The fourth-order valence-electron chi connectivity index (χ4n) is 2.08. The SMILES string of the molecule is CCNC(=O)C(O)(c1ccccc1)c1ccccc1. The first-order valence-electron chi connectivity index (χ1n) is 6.31. The number of rotatable bonds is 4. The van der Waals surface area contributed by atoms with Crippen LogP contribution in [-0.2, 0) is 10.4 Å². The molecular weight excluding hydrogens is 238 g/mol. The smallest absolute Gasteiger partial charge is 0.261 e. The molecule has 98 valence electrons. The summed E-state index contributed by atoms with van der Waals surface area (Å²) in [6.07, 6.45) is 0. The molecule has 0 aliphatic rings. The van der Waals surface area contributed by atoms with Crippen molar-refractivity contribution in [2.45, 2.75) is 12.5 Å². The second-order valence-corrected chi connectivity index (χ2v) is 4.30. The van der Waals surface area contributed by atoms with Crippen LogP contribution in [0.25, 0.3) is 0 Å². The lowest BCUT2D eigenvalue weighted by molar-refractivity contribution is -0.136. The van der Waals surface area contributed by atoms with E-state index in [2.05, 4.69) is 5.32 Å². The predicted octanol–water partition coefficient (Wildman–Crippen LogP) is 2.06. The third-order valence-corrected chi connectivity index (χ3v) is 3.05. The average Bonchev–Trinajstić information content (AvgIpc) is 2.48. The van der Waals surface area contributed by atoms with Crippen LogP contribution in [0.4, 0.5) is 0 Å². The van der Waals surface area contributed by atoms with E-state index in [4.69, 9.17) is 0 Å². The van der Waals surface area contributed by atoms with Crippen molar-refractivity contribution in [2.75, 3.05) is 6.54 Å². The lowest BCUT2D eigenvalue weighted by Crippen LogP contribution is -2.45. The average molecular weight is 255 g/mol. The Morgan fingerprint density at radius 3 is 1.79 bits per heavy atom. The van der Waals surface area contributed by atoms with Crippen LogP contribution >= 0.6 is 0 Å². The van der Waals surface area contributed by atoms with Crippen molar-refractivity contribution in [1.29, 1.82) is 0 Å². The van der Waals surface area contributed by atoms with Crippen LogP contribution in [0.3, 0.4) is 0 Å². The van der Waals surface area contributed by atoms with Crippen molar-refractivity contribution < 1.29 is 9.90 Å². The maximum Gasteiger partial charge on any atom is 0.261 e. The number of carbonyl (C=O) groups excluding carboxylic acids is 1. The summed E-state index contributed by atoms with van der Waals surface area (Å²) in [4.78, 5) is 12.3. The highest BCUT2D eigenvalue weighted by Gasteiger charge is 2.39. The van der Waals surface area contributed by atoms with Crippen molar-refractivity contribution >= 4 is 5.91 Å². The zero-order valence-corrected chi connectivity index (χ0v) is 10.8.